The van der Waals surface area contributed by atoms with Gasteiger partial charge in [0.1, 0.15) is 5.00 Å². The molecule has 0 saturated heterocycles. The first-order chi connectivity index (χ1) is 13.3. The van der Waals surface area contributed by atoms with Crippen molar-refractivity contribution in [3.05, 3.63) is 56.4 Å². The molecule has 146 valence electrons. The number of aryl methyl sites for hydroxylation is 3. The van der Waals surface area contributed by atoms with E-state index in [-0.39, 0.29) is 24.4 Å². The fourth-order valence-electron chi connectivity index (χ4n) is 2.97. The second-order valence-electron chi connectivity index (χ2n) is 6.49. The van der Waals surface area contributed by atoms with Gasteiger partial charge in [0.05, 0.1) is 29.9 Å². The standard InChI is InChI=1S/C20H21N3O4S/c1-11-6-5-7-14-17(11)21-10-23(19(14)25)9-8-15(24)22-18-16(20(26)27-4)12(2)13(3)28-18/h5-7,10H,8-9H2,1-4H3,(H,22,24). The molecule has 2 heterocycles. The topological polar surface area (TPSA) is 90.3 Å². The molecule has 0 unspecified atom stereocenters. The van der Waals surface area contributed by atoms with Crippen LogP contribution in [0, 0.1) is 20.8 Å². The molecule has 2 aromatic heterocycles. The van der Waals surface area contributed by atoms with Gasteiger partial charge in [0, 0.05) is 17.8 Å². The van der Waals surface area contributed by atoms with E-state index >= 15 is 0 Å². The Labute approximate surface area is 166 Å². The molecule has 3 aromatic rings. The fraction of sp³-hybridized carbons (Fsp3) is 0.300. The summed E-state index contributed by atoms with van der Waals surface area (Å²) in [7, 11) is 1.31. The molecule has 28 heavy (non-hydrogen) atoms. The number of rotatable bonds is 5. The molecule has 3 rings (SSSR count). The average Bonchev–Trinajstić information content (AvgIpc) is 2.94. The monoisotopic (exact) mass is 399 g/mol. The molecule has 0 atom stereocenters. The maximum atomic E-state index is 12.6. The van der Waals surface area contributed by atoms with Gasteiger partial charge in [-0.25, -0.2) is 9.78 Å². The maximum absolute atomic E-state index is 12.6. The van der Waals surface area contributed by atoms with Gasteiger partial charge in [-0.15, -0.1) is 11.3 Å². The van der Waals surface area contributed by atoms with Crippen LogP contribution in [0.4, 0.5) is 5.00 Å². The number of carbonyl (C=O) groups excluding carboxylic acids is 2. The lowest BCUT2D eigenvalue weighted by molar-refractivity contribution is -0.116. The number of amides is 1. The van der Waals surface area contributed by atoms with Crippen molar-refractivity contribution in [1.82, 2.24) is 9.55 Å². The summed E-state index contributed by atoms with van der Waals surface area (Å²) in [5, 5.41) is 3.76. The molecule has 0 bridgehead atoms. The Bertz CT molecular complexity index is 1130. The first-order valence-electron chi connectivity index (χ1n) is 8.76. The summed E-state index contributed by atoms with van der Waals surface area (Å²) in [6, 6.07) is 5.44. The van der Waals surface area contributed by atoms with Crippen LogP contribution in [-0.4, -0.2) is 28.5 Å². The van der Waals surface area contributed by atoms with Crippen LogP contribution >= 0.6 is 11.3 Å². The summed E-state index contributed by atoms with van der Waals surface area (Å²) < 4.78 is 6.24. The highest BCUT2D eigenvalue weighted by Crippen LogP contribution is 2.33. The number of hydrogen-bond acceptors (Lipinski definition) is 6. The third kappa shape index (κ3) is 3.68. The Morgan fingerprint density at radius 1 is 1.25 bits per heavy atom. The van der Waals surface area contributed by atoms with Gasteiger partial charge in [-0.2, -0.15) is 0 Å². The average molecular weight is 399 g/mol. The Hall–Kier alpha value is -3.00. The molecule has 0 aliphatic rings. The van der Waals surface area contributed by atoms with Crippen molar-refractivity contribution in [2.75, 3.05) is 12.4 Å². The van der Waals surface area contributed by atoms with Crippen molar-refractivity contribution in [3.8, 4) is 0 Å². The van der Waals surface area contributed by atoms with Gasteiger partial charge in [-0.05, 0) is 38.0 Å². The van der Waals surface area contributed by atoms with E-state index in [9.17, 15) is 14.4 Å². The van der Waals surface area contributed by atoms with Crippen molar-refractivity contribution in [2.45, 2.75) is 33.7 Å². The quantitative estimate of drug-likeness (QED) is 0.666. The highest BCUT2D eigenvalue weighted by Gasteiger charge is 2.21. The van der Waals surface area contributed by atoms with Crippen LogP contribution < -0.4 is 10.9 Å². The lowest BCUT2D eigenvalue weighted by Gasteiger charge is -2.09. The van der Waals surface area contributed by atoms with Gasteiger partial charge in [0.2, 0.25) is 5.91 Å². The fourth-order valence-corrected chi connectivity index (χ4v) is 4.04. The molecule has 0 fully saturated rings. The summed E-state index contributed by atoms with van der Waals surface area (Å²) in [5.74, 6) is -0.773. The number of para-hydroxylation sites is 1. The zero-order chi connectivity index (χ0) is 20.4. The van der Waals surface area contributed by atoms with Crippen molar-refractivity contribution in [1.29, 1.82) is 0 Å². The predicted octanol–water partition coefficient (Wildman–Crippen LogP) is 3.20. The molecule has 0 saturated carbocycles. The predicted molar refractivity (Wildman–Crippen MR) is 109 cm³/mol. The minimum Gasteiger partial charge on any atom is -0.465 e. The number of thiophene rings is 1. The Morgan fingerprint density at radius 3 is 2.71 bits per heavy atom. The van der Waals surface area contributed by atoms with E-state index in [2.05, 4.69) is 10.3 Å². The second-order valence-corrected chi connectivity index (χ2v) is 7.72. The summed E-state index contributed by atoms with van der Waals surface area (Å²) in [6.07, 6.45) is 1.54. The van der Waals surface area contributed by atoms with Crippen LogP contribution in [-0.2, 0) is 16.1 Å². The van der Waals surface area contributed by atoms with E-state index in [4.69, 9.17) is 4.74 Å². The van der Waals surface area contributed by atoms with Crippen LogP contribution in [0.3, 0.4) is 0 Å². The highest BCUT2D eigenvalue weighted by atomic mass is 32.1. The SMILES string of the molecule is COC(=O)c1c(NC(=O)CCn2cnc3c(C)cccc3c2=O)sc(C)c1C. The van der Waals surface area contributed by atoms with Crippen LogP contribution in [0.25, 0.3) is 10.9 Å². The normalized spacial score (nSPS) is 10.9. The first kappa shape index (κ1) is 19.8. The van der Waals surface area contributed by atoms with Crippen molar-refractivity contribution >= 4 is 39.1 Å². The smallest absolute Gasteiger partial charge is 0.341 e. The molecule has 8 heteroatoms. The second kappa shape index (κ2) is 7.93. The molecule has 0 spiro atoms. The van der Waals surface area contributed by atoms with E-state index in [1.54, 1.807) is 6.07 Å². The molecular weight excluding hydrogens is 378 g/mol. The van der Waals surface area contributed by atoms with Crippen LogP contribution in [0.5, 0.6) is 0 Å². The van der Waals surface area contributed by atoms with Gasteiger partial charge in [0.25, 0.3) is 5.56 Å². The number of carbonyl (C=O) groups is 2. The number of ether oxygens (including phenoxy) is 1. The molecule has 0 radical (unpaired) electrons. The molecule has 1 aromatic carbocycles. The summed E-state index contributed by atoms with van der Waals surface area (Å²) >= 11 is 1.33. The van der Waals surface area contributed by atoms with Crippen molar-refractivity contribution in [2.24, 2.45) is 0 Å². The number of benzene rings is 1. The lowest BCUT2D eigenvalue weighted by atomic mass is 10.1. The van der Waals surface area contributed by atoms with Gasteiger partial charge in [0.15, 0.2) is 0 Å². The number of nitrogens with one attached hydrogen (secondary N) is 1. The Balaban J connectivity index is 1.76. The van der Waals surface area contributed by atoms with Crippen molar-refractivity contribution < 1.29 is 14.3 Å². The van der Waals surface area contributed by atoms with E-state index in [1.165, 1.54) is 29.3 Å². The van der Waals surface area contributed by atoms with Gasteiger partial charge in [-0.3, -0.25) is 14.2 Å². The molecule has 1 N–H and O–H groups in total. The Kier molecular flexibility index (Phi) is 5.60. The molecule has 0 aliphatic heterocycles. The highest BCUT2D eigenvalue weighted by molar-refractivity contribution is 7.16. The summed E-state index contributed by atoms with van der Waals surface area (Å²) in [6.45, 7) is 5.79. The number of fused-ring (bicyclic) bond motifs is 1. The summed E-state index contributed by atoms with van der Waals surface area (Å²) in [5.41, 5.74) is 2.58. The molecule has 1 amide bonds. The van der Waals surface area contributed by atoms with E-state index in [0.29, 0.717) is 21.5 Å². The summed E-state index contributed by atoms with van der Waals surface area (Å²) in [4.78, 5) is 42.3. The first-order valence-corrected chi connectivity index (χ1v) is 9.58. The van der Waals surface area contributed by atoms with Crippen LogP contribution in [0.15, 0.2) is 29.3 Å². The third-order valence-corrected chi connectivity index (χ3v) is 5.79. The van der Waals surface area contributed by atoms with E-state index < -0.39 is 5.97 Å². The van der Waals surface area contributed by atoms with E-state index in [0.717, 1.165) is 16.0 Å². The number of nitrogens with zero attached hydrogens (tertiary/aromatic N) is 2. The van der Waals surface area contributed by atoms with Crippen LogP contribution in [0.1, 0.15) is 32.8 Å². The number of anilines is 1. The number of esters is 1. The maximum Gasteiger partial charge on any atom is 0.341 e. The molecule has 7 nitrogen and oxygen atoms in total. The molecular formula is C20H21N3O4S. The number of hydrogen-bond donors (Lipinski definition) is 1. The van der Waals surface area contributed by atoms with E-state index in [1.807, 2.05) is 32.9 Å². The zero-order valence-electron chi connectivity index (χ0n) is 16.2. The van der Waals surface area contributed by atoms with Gasteiger partial charge in [-0.1, -0.05) is 12.1 Å². The minimum atomic E-state index is -0.484. The largest absolute Gasteiger partial charge is 0.465 e. The minimum absolute atomic E-state index is 0.0789. The lowest BCUT2D eigenvalue weighted by Crippen LogP contribution is -2.24. The van der Waals surface area contributed by atoms with Gasteiger partial charge >= 0.3 is 5.97 Å². The zero-order valence-corrected chi connectivity index (χ0v) is 17.0. The Morgan fingerprint density at radius 2 is 2.00 bits per heavy atom. The van der Waals surface area contributed by atoms with Crippen molar-refractivity contribution in [3.63, 3.8) is 0 Å². The number of methoxy groups -OCH3 is 1. The van der Waals surface area contributed by atoms with Crippen LogP contribution in [0.2, 0.25) is 0 Å². The number of aromatic nitrogens is 2. The molecule has 0 aliphatic carbocycles. The third-order valence-electron chi connectivity index (χ3n) is 4.66. The van der Waals surface area contributed by atoms with Gasteiger partial charge < -0.3 is 10.1 Å².